The van der Waals surface area contributed by atoms with E-state index in [2.05, 4.69) is 9.97 Å². The second kappa shape index (κ2) is 6.45. The number of aromatic nitrogens is 2. The van der Waals surface area contributed by atoms with E-state index in [1.807, 2.05) is 6.07 Å². The van der Waals surface area contributed by atoms with E-state index in [0.29, 0.717) is 6.07 Å². The SMILES string of the molecule is O=c1[nH]c(=Cc2ccc(F)cc2F)c(=O)[nH]c1=Cc1ccccc1. The van der Waals surface area contributed by atoms with Gasteiger partial charge in [0.1, 0.15) is 22.3 Å². The highest BCUT2D eigenvalue weighted by molar-refractivity contribution is 5.49. The van der Waals surface area contributed by atoms with Gasteiger partial charge in [-0.15, -0.1) is 0 Å². The molecule has 2 N–H and O–H groups in total. The molecule has 6 heteroatoms. The first kappa shape index (κ1) is 15.6. The number of nitrogens with one attached hydrogen (secondary N) is 2. The van der Waals surface area contributed by atoms with Gasteiger partial charge < -0.3 is 9.97 Å². The Hall–Kier alpha value is -3.28. The first-order chi connectivity index (χ1) is 11.5. The molecule has 2 aromatic carbocycles. The number of H-pyrrole nitrogens is 2. The smallest absolute Gasteiger partial charge is 0.272 e. The normalized spacial score (nSPS) is 12.6. The number of aromatic amines is 2. The predicted molar refractivity (Wildman–Crippen MR) is 86.9 cm³/mol. The molecule has 120 valence electrons. The van der Waals surface area contributed by atoms with E-state index in [1.54, 1.807) is 24.3 Å². The summed E-state index contributed by atoms with van der Waals surface area (Å²) in [5.74, 6) is -1.55. The van der Waals surface area contributed by atoms with Crippen LogP contribution in [0.25, 0.3) is 12.2 Å². The van der Waals surface area contributed by atoms with E-state index < -0.39 is 22.8 Å². The number of hydrogen-bond donors (Lipinski definition) is 2. The summed E-state index contributed by atoms with van der Waals surface area (Å²) in [6.45, 7) is 0. The molecule has 0 spiro atoms. The van der Waals surface area contributed by atoms with Crippen molar-refractivity contribution in [2.24, 2.45) is 0 Å². The lowest BCUT2D eigenvalue weighted by atomic mass is 10.2. The zero-order valence-electron chi connectivity index (χ0n) is 12.3. The van der Waals surface area contributed by atoms with Crippen LogP contribution in [0.15, 0.2) is 58.1 Å². The van der Waals surface area contributed by atoms with Gasteiger partial charge in [0.25, 0.3) is 11.1 Å². The van der Waals surface area contributed by atoms with Crippen LogP contribution in [0, 0.1) is 11.6 Å². The maximum Gasteiger partial charge on any atom is 0.272 e. The summed E-state index contributed by atoms with van der Waals surface area (Å²) in [5, 5.41) is -0.0290. The van der Waals surface area contributed by atoms with E-state index in [0.717, 1.165) is 17.7 Å². The lowest BCUT2D eigenvalue weighted by Crippen LogP contribution is -2.46. The Labute approximate surface area is 134 Å². The number of benzene rings is 2. The van der Waals surface area contributed by atoms with Crippen LogP contribution in [-0.2, 0) is 0 Å². The number of rotatable bonds is 2. The quantitative estimate of drug-likeness (QED) is 0.738. The van der Waals surface area contributed by atoms with Crippen LogP contribution in [0.3, 0.4) is 0 Å². The Morgan fingerprint density at radius 3 is 2.04 bits per heavy atom. The second-order valence-electron chi connectivity index (χ2n) is 5.10. The van der Waals surface area contributed by atoms with Crippen LogP contribution in [-0.4, -0.2) is 9.97 Å². The molecule has 1 heterocycles. The van der Waals surface area contributed by atoms with Gasteiger partial charge in [0.05, 0.1) is 0 Å². The summed E-state index contributed by atoms with van der Waals surface area (Å²) in [6, 6.07) is 12.0. The molecule has 0 saturated carbocycles. The molecule has 0 radical (unpaired) electrons. The van der Waals surface area contributed by atoms with E-state index in [1.165, 1.54) is 12.1 Å². The number of halogens is 2. The highest BCUT2D eigenvalue weighted by Gasteiger charge is 2.02. The van der Waals surface area contributed by atoms with Gasteiger partial charge in [0, 0.05) is 11.6 Å². The highest BCUT2D eigenvalue weighted by Crippen LogP contribution is 2.09. The zero-order chi connectivity index (χ0) is 17.1. The van der Waals surface area contributed by atoms with E-state index in [4.69, 9.17) is 0 Å². The fourth-order valence-electron chi connectivity index (χ4n) is 2.19. The van der Waals surface area contributed by atoms with Gasteiger partial charge in [0.2, 0.25) is 0 Å². The van der Waals surface area contributed by atoms with Crippen molar-refractivity contribution in [3.63, 3.8) is 0 Å². The van der Waals surface area contributed by atoms with Crippen molar-refractivity contribution in [1.82, 2.24) is 9.97 Å². The topological polar surface area (TPSA) is 65.7 Å². The molecule has 0 aliphatic rings. The summed E-state index contributed by atoms with van der Waals surface area (Å²) >= 11 is 0. The van der Waals surface area contributed by atoms with Crippen molar-refractivity contribution in [3.05, 3.63) is 103 Å². The van der Waals surface area contributed by atoms with Crippen molar-refractivity contribution in [3.8, 4) is 0 Å². The Balaban J connectivity index is 2.15. The highest BCUT2D eigenvalue weighted by atomic mass is 19.1. The Morgan fingerprint density at radius 1 is 0.792 bits per heavy atom. The fourth-order valence-corrected chi connectivity index (χ4v) is 2.19. The molecule has 24 heavy (non-hydrogen) atoms. The molecular weight excluding hydrogens is 314 g/mol. The summed E-state index contributed by atoms with van der Waals surface area (Å²) in [5.41, 5.74) is -0.356. The van der Waals surface area contributed by atoms with Crippen LogP contribution in [0.2, 0.25) is 0 Å². The molecular formula is C18H12F2N2O2. The lowest BCUT2D eigenvalue weighted by molar-refractivity contribution is 0.581. The molecule has 1 aromatic heterocycles. The summed E-state index contributed by atoms with van der Waals surface area (Å²) in [4.78, 5) is 29.1. The predicted octanol–water partition coefficient (Wildman–Crippen LogP) is 0.999. The summed E-state index contributed by atoms with van der Waals surface area (Å²) in [6.07, 6.45) is 2.68. The van der Waals surface area contributed by atoms with Crippen LogP contribution < -0.4 is 21.8 Å². The maximum atomic E-state index is 13.7. The van der Waals surface area contributed by atoms with E-state index in [-0.39, 0.29) is 16.3 Å². The molecule has 0 amide bonds. The van der Waals surface area contributed by atoms with Gasteiger partial charge in [-0.25, -0.2) is 8.78 Å². The third kappa shape index (κ3) is 3.38. The minimum atomic E-state index is -0.824. The molecule has 0 bridgehead atoms. The monoisotopic (exact) mass is 326 g/mol. The van der Waals surface area contributed by atoms with Crippen LogP contribution in [0.5, 0.6) is 0 Å². The Bertz CT molecular complexity index is 1120. The van der Waals surface area contributed by atoms with Crippen molar-refractivity contribution in [1.29, 1.82) is 0 Å². The van der Waals surface area contributed by atoms with Crippen molar-refractivity contribution >= 4 is 12.2 Å². The van der Waals surface area contributed by atoms with Crippen LogP contribution in [0.1, 0.15) is 11.1 Å². The molecule has 0 fully saturated rings. The molecule has 0 aliphatic heterocycles. The van der Waals surface area contributed by atoms with Crippen molar-refractivity contribution < 1.29 is 8.78 Å². The molecule has 0 atom stereocenters. The molecule has 0 saturated heterocycles. The maximum absolute atomic E-state index is 13.7. The van der Waals surface area contributed by atoms with Gasteiger partial charge in [-0.1, -0.05) is 30.3 Å². The average molecular weight is 326 g/mol. The van der Waals surface area contributed by atoms with Gasteiger partial charge in [0.15, 0.2) is 0 Å². The lowest BCUT2D eigenvalue weighted by Gasteiger charge is -1.97. The van der Waals surface area contributed by atoms with Crippen LogP contribution >= 0.6 is 0 Å². The number of hydrogen-bond acceptors (Lipinski definition) is 2. The van der Waals surface area contributed by atoms with Gasteiger partial charge >= 0.3 is 0 Å². The van der Waals surface area contributed by atoms with Crippen LogP contribution in [0.4, 0.5) is 8.78 Å². The zero-order valence-corrected chi connectivity index (χ0v) is 12.3. The Morgan fingerprint density at radius 2 is 1.42 bits per heavy atom. The Kier molecular flexibility index (Phi) is 4.20. The van der Waals surface area contributed by atoms with Gasteiger partial charge in [-0.3, -0.25) is 9.59 Å². The molecule has 0 aliphatic carbocycles. The first-order valence-electron chi connectivity index (χ1n) is 7.09. The van der Waals surface area contributed by atoms with Gasteiger partial charge in [-0.05, 0) is 29.8 Å². The fraction of sp³-hybridized carbons (Fsp3) is 0. The summed E-state index contributed by atoms with van der Waals surface area (Å²) < 4.78 is 26.6. The van der Waals surface area contributed by atoms with Gasteiger partial charge in [-0.2, -0.15) is 0 Å². The molecule has 3 rings (SSSR count). The average Bonchev–Trinajstić information content (AvgIpc) is 2.55. The molecule has 3 aromatic rings. The third-order valence-electron chi connectivity index (χ3n) is 3.36. The van der Waals surface area contributed by atoms with Crippen molar-refractivity contribution in [2.75, 3.05) is 0 Å². The molecule has 4 nitrogen and oxygen atoms in total. The summed E-state index contributed by atoms with van der Waals surface area (Å²) in [7, 11) is 0. The molecule has 0 unspecified atom stereocenters. The standard InChI is InChI=1S/C18H12F2N2O2/c19-13-7-6-12(14(20)10-13)9-16-18(24)21-15(17(23)22-16)8-11-4-2-1-3-5-11/h1-10H,(H,21,24)(H,22,23). The third-order valence-corrected chi connectivity index (χ3v) is 3.36. The first-order valence-corrected chi connectivity index (χ1v) is 7.09. The van der Waals surface area contributed by atoms with E-state index >= 15 is 0 Å². The van der Waals surface area contributed by atoms with Crippen molar-refractivity contribution in [2.45, 2.75) is 0 Å². The van der Waals surface area contributed by atoms with E-state index in [9.17, 15) is 18.4 Å². The minimum Gasteiger partial charge on any atom is -0.316 e. The minimum absolute atomic E-state index is 0.00246. The second-order valence-corrected chi connectivity index (χ2v) is 5.10. The largest absolute Gasteiger partial charge is 0.316 e.